The molecular weight excluding hydrogens is 482 g/mol. The maximum atomic E-state index is 12.7. The largest absolute Gasteiger partial charge is 0.495 e. The van der Waals surface area contributed by atoms with Crippen LogP contribution in [0.15, 0.2) is 52.3 Å². The van der Waals surface area contributed by atoms with E-state index in [9.17, 15) is 21.6 Å². The first-order chi connectivity index (χ1) is 16.0. The van der Waals surface area contributed by atoms with Crippen LogP contribution >= 0.6 is 0 Å². The number of hydrogen-bond acceptors (Lipinski definition) is 7. The number of sulfonamides is 2. The molecule has 1 amide bonds. The molecule has 0 saturated carbocycles. The van der Waals surface area contributed by atoms with Gasteiger partial charge in [0.1, 0.15) is 10.6 Å². The van der Waals surface area contributed by atoms with Crippen molar-refractivity contribution in [2.75, 3.05) is 33.4 Å². The molecule has 0 radical (unpaired) electrons. The average Bonchev–Trinajstić information content (AvgIpc) is 2.82. The van der Waals surface area contributed by atoms with Gasteiger partial charge in [0.15, 0.2) is 0 Å². The van der Waals surface area contributed by atoms with Crippen molar-refractivity contribution in [3.05, 3.63) is 53.6 Å². The smallest absolute Gasteiger partial charge is 0.251 e. The van der Waals surface area contributed by atoms with Crippen LogP contribution in [0, 0.1) is 0 Å². The molecule has 12 heteroatoms. The standard InChI is InChI=1S/C22H29N3O7S2/c1-16(2)24-33(27,28)21-14-18(6-9-20(21)31-3)22(26)23-15-17-4-7-19(8-5-17)34(29,30)25-10-12-32-13-11-25/h4-9,14,16,24H,10-13,15H2,1-3H3,(H,23,26). The van der Waals surface area contributed by atoms with Crippen LogP contribution in [0.5, 0.6) is 5.75 Å². The Morgan fingerprint density at radius 2 is 1.71 bits per heavy atom. The van der Waals surface area contributed by atoms with Gasteiger partial charge in [-0.3, -0.25) is 4.79 Å². The number of morpholine rings is 1. The van der Waals surface area contributed by atoms with Crippen LogP contribution in [0.1, 0.15) is 29.8 Å². The van der Waals surface area contributed by atoms with Crippen molar-refractivity contribution in [3.63, 3.8) is 0 Å². The minimum Gasteiger partial charge on any atom is -0.495 e. The summed E-state index contributed by atoms with van der Waals surface area (Å²) in [6, 6.07) is 10.1. The van der Waals surface area contributed by atoms with E-state index in [4.69, 9.17) is 9.47 Å². The Bertz CT molecular complexity index is 1220. The molecular formula is C22H29N3O7S2. The molecule has 2 aromatic carbocycles. The summed E-state index contributed by atoms with van der Waals surface area (Å²) in [6.45, 7) is 4.88. The van der Waals surface area contributed by atoms with E-state index in [1.165, 1.54) is 41.7 Å². The summed E-state index contributed by atoms with van der Waals surface area (Å²) in [5, 5.41) is 2.72. The predicted molar refractivity (Wildman–Crippen MR) is 126 cm³/mol. The zero-order valence-electron chi connectivity index (χ0n) is 19.3. The van der Waals surface area contributed by atoms with Gasteiger partial charge in [-0.15, -0.1) is 0 Å². The lowest BCUT2D eigenvalue weighted by molar-refractivity contribution is 0.0730. The monoisotopic (exact) mass is 511 g/mol. The number of hydrogen-bond donors (Lipinski definition) is 2. The van der Waals surface area contributed by atoms with Crippen LogP contribution in [0.4, 0.5) is 0 Å². The predicted octanol–water partition coefficient (Wildman–Crippen LogP) is 1.33. The third kappa shape index (κ3) is 6.13. The van der Waals surface area contributed by atoms with E-state index in [0.717, 1.165) is 0 Å². The lowest BCUT2D eigenvalue weighted by atomic mass is 10.2. The Balaban J connectivity index is 1.70. The molecule has 34 heavy (non-hydrogen) atoms. The molecule has 1 saturated heterocycles. The van der Waals surface area contributed by atoms with Crippen molar-refractivity contribution in [1.82, 2.24) is 14.3 Å². The molecule has 10 nitrogen and oxygen atoms in total. The molecule has 1 fully saturated rings. The molecule has 0 aromatic heterocycles. The summed E-state index contributed by atoms with van der Waals surface area (Å²) >= 11 is 0. The quantitative estimate of drug-likeness (QED) is 0.519. The van der Waals surface area contributed by atoms with Gasteiger partial charge in [0, 0.05) is 31.2 Å². The van der Waals surface area contributed by atoms with Gasteiger partial charge in [0.25, 0.3) is 5.91 Å². The van der Waals surface area contributed by atoms with Crippen molar-refractivity contribution in [2.45, 2.75) is 36.2 Å². The summed E-state index contributed by atoms with van der Waals surface area (Å²) in [5.74, 6) is -0.351. The molecule has 2 N–H and O–H groups in total. The molecule has 0 spiro atoms. The summed E-state index contributed by atoms with van der Waals surface area (Å²) in [6.07, 6.45) is 0. The normalized spacial score (nSPS) is 15.3. The molecule has 3 rings (SSSR count). The summed E-state index contributed by atoms with van der Waals surface area (Å²) in [5.41, 5.74) is 0.841. The highest BCUT2D eigenvalue weighted by Crippen LogP contribution is 2.25. The third-order valence-corrected chi connectivity index (χ3v) is 8.68. The van der Waals surface area contributed by atoms with Gasteiger partial charge in [0.05, 0.1) is 25.2 Å². The van der Waals surface area contributed by atoms with Crippen LogP contribution in [0.3, 0.4) is 0 Å². The van der Waals surface area contributed by atoms with Crippen LogP contribution in [-0.4, -0.2) is 66.5 Å². The van der Waals surface area contributed by atoms with E-state index in [2.05, 4.69) is 10.0 Å². The molecule has 186 valence electrons. The fraction of sp³-hybridized carbons (Fsp3) is 0.409. The fourth-order valence-electron chi connectivity index (χ4n) is 3.40. The topological polar surface area (TPSA) is 131 Å². The Morgan fingerprint density at radius 1 is 1.06 bits per heavy atom. The second-order valence-electron chi connectivity index (χ2n) is 7.98. The first-order valence-corrected chi connectivity index (χ1v) is 13.6. The van der Waals surface area contributed by atoms with Gasteiger partial charge in [-0.05, 0) is 49.7 Å². The second-order valence-corrected chi connectivity index (χ2v) is 11.6. The van der Waals surface area contributed by atoms with Crippen molar-refractivity contribution in [3.8, 4) is 5.75 Å². The maximum absolute atomic E-state index is 12.7. The van der Waals surface area contributed by atoms with Gasteiger partial charge < -0.3 is 14.8 Å². The number of carbonyl (C=O) groups is 1. The van der Waals surface area contributed by atoms with E-state index >= 15 is 0 Å². The summed E-state index contributed by atoms with van der Waals surface area (Å²) in [7, 11) is -6.12. The number of ether oxygens (including phenoxy) is 2. The number of rotatable bonds is 9. The zero-order chi connectivity index (χ0) is 24.9. The van der Waals surface area contributed by atoms with E-state index in [-0.39, 0.29) is 33.7 Å². The highest BCUT2D eigenvalue weighted by atomic mass is 32.2. The molecule has 1 aliphatic heterocycles. The number of carbonyl (C=O) groups excluding carboxylic acids is 1. The van der Waals surface area contributed by atoms with Gasteiger partial charge in [-0.1, -0.05) is 12.1 Å². The second kappa shape index (κ2) is 10.8. The number of nitrogens with one attached hydrogen (secondary N) is 2. The molecule has 1 aliphatic rings. The SMILES string of the molecule is COc1ccc(C(=O)NCc2ccc(S(=O)(=O)N3CCOCC3)cc2)cc1S(=O)(=O)NC(C)C. The summed E-state index contributed by atoms with van der Waals surface area (Å²) < 4.78 is 64.9. The molecule has 0 unspecified atom stereocenters. The van der Waals surface area contributed by atoms with Crippen molar-refractivity contribution in [1.29, 1.82) is 0 Å². The fourth-order valence-corrected chi connectivity index (χ4v) is 6.26. The zero-order valence-corrected chi connectivity index (χ0v) is 20.9. The van der Waals surface area contributed by atoms with Crippen LogP contribution in [0.2, 0.25) is 0 Å². The van der Waals surface area contributed by atoms with Crippen molar-refractivity contribution >= 4 is 26.0 Å². The van der Waals surface area contributed by atoms with Crippen LogP contribution in [-0.2, 0) is 31.3 Å². The summed E-state index contributed by atoms with van der Waals surface area (Å²) in [4.78, 5) is 12.7. The van der Waals surface area contributed by atoms with Gasteiger partial charge >= 0.3 is 0 Å². The Kier molecular flexibility index (Phi) is 8.31. The first kappa shape index (κ1) is 26.1. The minimum atomic E-state index is -3.88. The van der Waals surface area contributed by atoms with E-state index in [1.807, 2.05) is 0 Å². The number of benzene rings is 2. The molecule has 1 heterocycles. The Labute approximate surface area is 200 Å². The molecule has 0 aliphatic carbocycles. The molecule has 0 bridgehead atoms. The number of methoxy groups -OCH3 is 1. The third-order valence-electron chi connectivity index (χ3n) is 5.09. The van der Waals surface area contributed by atoms with Crippen molar-refractivity contribution < 1.29 is 31.1 Å². The highest BCUT2D eigenvalue weighted by molar-refractivity contribution is 7.89. The first-order valence-electron chi connectivity index (χ1n) is 10.7. The lowest BCUT2D eigenvalue weighted by Crippen LogP contribution is -2.40. The van der Waals surface area contributed by atoms with E-state index in [1.54, 1.807) is 26.0 Å². The lowest BCUT2D eigenvalue weighted by Gasteiger charge is -2.26. The minimum absolute atomic E-state index is 0.127. The Morgan fingerprint density at radius 3 is 2.29 bits per heavy atom. The van der Waals surface area contributed by atoms with Crippen LogP contribution in [0.25, 0.3) is 0 Å². The van der Waals surface area contributed by atoms with E-state index in [0.29, 0.717) is 31.9 Å². The van der Waals surface area contributed by atoms with Crippen LogP contribution < -0.4 is 14.8 Å². The maximum Gasteiger partial charge on any atom is 0.251 e. The van der Waals surface area contributed by atoms with Gasteiger partial charge in [0.2, 0.25) is 20.0 Å². The number of nitrogens with zero attached hydrogens (tertiary/aromatic N) is 1. The highest BCUT2D eigenvalue weighted by Gasteiger charge is 2.26. The Hall–Kier alpha value is -2.51. The van der Waals surface area contributed by atoms with Gasteiger partial charge in [-0.25, -0.2) is 21.6 Å². The molecule has 2 aromatic rings. The van der Waals surface area contributed by atoms with E-state index < -0.39 is 26.0 Å². The average molecular weight is 512 g/mol. The van der Waals surface area contributed by atoms with Crippen molar-refractivity contribution in [2.24, 2.45) is 0 Å². The van der Waals surface area contributed by atoms with Gasteiger partial charge in [-0.2, -0.15) is 4.31 Å². The molecule has 0 atom stereocenters. The number of amides is 1.